The van der Waals surface area contributed by atoms with E-state index < -0.39 is 10.9 Å². The summed E-state index contributed by atoms with van der Waals surface area (Å²) in [6.45, 7) is -0.266. The third kappa shape index (κ3) is 4.92. The molecule has 23 heavy (non-hydrogen) atoms. The third-order valence-corrected chi connectivity index (χ3v) is 2.92. The fourth-order valence-electron chi connectivity index (χ4n) is 1.70. The normalized spacial score (nSPS) is 9.91. The maximum atomic E-state index is 11.6. The summed E-state index contributed by atoms with van der Waals surface area (Å²) in [5.41, 5.74) is 1.12. The number of hydrogen-bond donors (Lipinski definition) is 0. The standard InChI is InChI=1S/C16H13NO6/c18-9-12-3-7-15(8-4-12)22-11-16(19)23-10-13-1-5-14(6-2-13)17(20)21/h1-9H,10-11H2. The summed E-state index contributed by atoms with van der Waals surface area (Å²) in [7, 11) is 0. The summed E-state index contributed by atoms with van der Waals surface area (Å²) in [5.74, 6) is -0.120. The predicted octanol–water partition coefficient (Wildman–Crippen LogP) is 2.53. The summed E-state index contributed by atoms with van der Waals surface area (Å²) < 4.78 is 10.2. The van der Waals surface area contributed by atoms with Crippen LogP contribution in [0.15, 0.2) is 48.5 Å². The zero-order valence-corrected chi connectivity index (χ0v) is 12.0. The second kappa shape index (κ2) is 7.69. The Balaban J connectivity index is 1.78. The van der Waals surface area contributed by atoms with Crippen LogP contribution in [-0.2, 0) is 16.1 Å². The van der Waals surface area contributed by atoms with Gasteiger partial charge in [0, 0.05) is 17.7 Å². The summed E-state index contributed by atoms with van der Waals surface area (Å²) >= 11 is 0. The quantitative estimate of drug-likeness (QED) is 0.337. The topological polar surface area (TPSA) is 95.7 Å². The van der Waals surface area contributed by atoms with Crippen LogP contribution in [0.1, 0.15) is 15.9 Å². The first-order chi connectivity index (χ1) is 11.1. The molecule has 7 heteroatoms. The van der Waals surface area contributed by atoms with Gasteiger partial charge in [-0.25, -0.2) is 4.79 Å². The van der Waals surface area contributed by atoms with Gasteiger partial charge >= 0.3 is 5.97 Å². The van der Waals surface area contributed by atoms with Gasteiger partial charge in [-0.3, -0.25) is 14.9 Å². The van der Waals surface area contributed by atoms with Crippen LogP contribution in [-0.4, -0.2) is 23.8 Å². The Morgan fingerprint density at radius 3 is 2.30 bits per heavy atom. The van der Waals surface area contributed by atoms with E-state index in [1.807, 2.05) is 0 Å². The fourth-order valence-corrected chi connectivity index (χ4v) is 1.70. The number of ether oxygens (including phenoxy) is 2. The van der Waals surface area contributed by atoms with Gasteiger partial charge in [0.25, 0.3) is 5.69 Å². The van der Waals surface area contributed by atoms with Crippen molar-refractivity contribution in [2.75, 3.05) is 6.61 Å². The molecule has 0 heterocycles. The molecule has 0 N–H and O–H groups in total. The number of carbonyl (C=O) groups is 2. The van der Waals surface area contributed by atoms with Crippen LogP contribution in [0.2, 0.25) is 0 Å². The molecule has 0 aromatic heterocycles. The van der Waals surface area contributed by atoms with Crippen molar-refractivity contribution in [1.29, 1.82) is 0 Å². The largest absolute Gasteiger partial charge is 0.482 e. The number of benzene rings is 2. The molecule has 0 amide bonds. The van der Waals surface area contributed by atoms with Crippen LogP contribution in [0.5, 0.6) is 5.75 Å². The van der Waals surface area contributed by atoms with Crippen molar-refractivity contribution in [3.05, 3.63) is 69.8 Å². The Labute approximate surface area is 131 Å². The smallest absolute Gasteiger partial charge is 0.344 e. The first-order valence-electron chi connectivity index (χ1n) is 6.65. The predicted molar refractivity (Wildman–Crippen MR) is 80.2 cm³/mol. The first-order valence-corrected chi connectivity index (χ1v) is 6.65. The Morgan fingerprint density at radius 1 is 1.09 bits per heavy atom. The van der Waals surface area contributed by atoms with E-state index in [9.17, 15) is 19.7 Å². The SMILES string of the molecule is O=Cc1ccc(OCC(=O)OCc2ccc([N+](=O)[O-])cc2)cc1. The van der Waals surface area contributed by atoms with Crippen molar-refractivity contribution < 1.29 is 24.0 Å². The van der Waals surface area contributed by atoms with Gasteiger partial charge in [-0.05, 0) is 42.0 Å². The molecule has 0 atom stereocenters. The van der Waals surface area contributed by atoms with Gasteiger partial charge < -0.3 is 9.47 Å². The van der Waals surface area contributed by atoms with E-state index in [1.54, 1.807) is 24.3 Å². The molecule has 0 spiro atoms. The zero-order valence-electron chi connectivity index (χ0n) is 12.0. The minimum absolute atomic E-state index is 0.00423. The number of nitrogens with zero attached hydrogens (tertiary/aromatic N) is 1. The molecular weight excluding hydrogens is 302 g/mol. The van der Waals surface area contributed by atoms with Crippen LogP contribution in [0.4, 0.5) is 5.69 Å². The Bertz CT molecular complexity index is 694. The van der Waals surface area contributed by atoms with Crippen LogP contribution in [0.3, 0.4) is 0 Å². The van der Waals surface area contributed by atoms with Gasteiger partial charge in [0.1, 0.15) is 18.6 Å². The molecular formula is C16H13NO6. The van der Waals surface area contributed by atoms with Crippen LogP contribution in [0.25, 0.3) is 0 Å². The highest BCUT2D eigenvalue weighted by Crippen LogP contribution is 2.13. The summed E-state index contributed by atoms with van der Waals surface area (Å²) in [4.78, 5) is 32.1. The molecule has 0 radical (unpaired) electrons. The van der Waals surface area contributed by atoms with E-state index in [4.69, 9.17) is 9.47 Å². The van der Waals surface area contributed by atoms with Crippen molar-refractivity contribution in [1.82, 2.24) is 0 Å². The molecule has 0 aliphatic rings. The number of rotatable bonds is 7. The Morgan fingerprint density at radius 2 is 1.74 bits per heavy atom. The van der Waals surface area contributed by atoms with Gasteiger partial charge in [0.05, 0.1) is 4.92 Å². The molecule has 2 aromatic carbocycles. The van der Waals surface area contributed by atoms with E-state index in [1.165, 1.54) is 24.3 Å². The van der Waals surface area contributed by atoms with E-state index in [2.05, 4.69) is 0 Å². The van der Waals surface area contributed by atoms with E-state index in [-0.39, 0.29) is 18.9 Å². The van der Waals surface area contributed by atoms with Gasteiger partial charge in [0.2, 0.25) is 0 Å². The maximum Gasteiger partial charge on any atom is 0.344 e. The molecule has 0 bridgehead atoms. The molecule has 2 aromatic rings. The molecule has 0 aliphatic carbocycles. The highest BCUT2D eigenvalue weighted by Gasteiger charge is 2.07. The van der Waals surface area contributed by atoms with Crippen molar-refractivity contribution in [2.45, 2.75) is 6.61 Å². The second-order valence-electron chi connectivity index (χ2n) is 4.56. The Kier molecular flexibility index (Phi) is 5.40. The number of non-ortho nitro benzene ring substituents is 1. The highest BCUT2D eigenvalue weighted by atomic mass is 16.6. The monoisotopic (exact) mass is 315 g/mol. The van der Waals surface area contributed by atoms with E-state index in [0.29, 0.717) is 23.2 Å². The van der Waals surface area contributed by atoms with Crippen LogP contribution in [0, 0.1) is 10.1 Å². The minimum atomic E-state index is -0.567. The summed E-state index contributed by atoms with van der Waals surface area (Å²) in [6, 6.07) is 12.0. The highest BCUT2D eigenvalue weighted by molar-refractivity contribution is 5.75. The van der Waals surface area contributed by atoms with E-state index in [0.717, 1.165) is 0 Å². The average Bonchev–Trinajstić information content (AvgIpc) is 2.59. The van der Waals surface area contributed by atoms with Crippen molar-refractivity contribution in [3.63, 3.8) is 0 Å². The molecule has 0 fully saturated rings. The number of nitro groups is 1. The zero-order chi connectivity index (χ0) is 16.7. The van der Waals surface area contributed by atoms with Crippen molar-refractivity contribution in [3.8, 4) is 5.75 Å². The van der Waals surface area contributed by atoms with Crippen molar-refractivity contribution >= 4 is 17.9 Å². The first kappa shape index (κ1) is 16.2. The molecule has 0 saturated heterocycles. The number of esters is 1. The lowest BCUT2D eigenvalue weighted by molar-refractivity contribution is -0.384. The molecule has 7 nitrogen and oxygen atoms in total. The van der Waals surface area contributed by atoms with Gasteiger partial charge in [-0.1, -0.05) is 0 Å². The Hall–Kier alpha value is -3.22. The summed E-state index contributed by atoms with van der Waals surface area (Å²) in [5, 5.41) is 10.5. The van der Waals surface area contributed by atoms with Gasteiger partial charge in [0.15, 0.2) is 6.61 Å². The fraction of sp³-hybridized carbons (Fsp3) is 0.125. The molecule has 0 saturated carbocycles. The lowest BCUT2D eigenvalue weighted by atomic mass is 10.2. The van der Waals surface area contributed by atoms with E-state index >= 15 is 0 Å². The lowest BCUT2D eigenvalue weighted by Crippen LogP contribution is -2.14. The minimum Gasteiger partial charge on any atom is -0.482 e. The lowest BCUT2D eigenvalue weighted by Gasteiger charge is -2.07. The van der Waals surface area contributed by atoms with Crippen molar-refractivity contribution in [2.24, 2.45) is 0 Å². The molecule has 0 unspecified atom stereocenters. The van der Waals surface area contributed by atoms with Crippen LogP contribution >= 0.6 is 0 Å². The number of carbonyl (C=O) groups excluding carboxylic acids is 2. The summed E-state index contributed by atoms with van der Waals surface area (Å²) in [6.07, 6.45) is 0.711. The number of hydrogen-bond acceptors (Lipinski definition) is 6. The van der Waals surface area contributed by atoms with Gasteiger partial charge in [-0.2, -0.15) is 0 Å². The number of nitro benzene ring substituents is 1. The third-order valence-electron chi connectivity index (χ3n) is 2.92. The average molecular weight is 315 g/mol. The molecule has 0 aliphatic heterocycles. The number of aldehydes is 1. The molecule has 118 valence electrons. The van der Waals surface area contributed by atoms with Gasteiger partial charge in [-0.15, -0.1) is 0 Å². The van der Waals surface area contributed by atoms with Crippen LogP contribution < -0.4 is 4.74 Å². The molecule has 2 rings (SSSR count). The maximum absolute atomic E-state index is 11.6. The second-order valence-corrected chi connectivity index (χ2v) is 4.56.